The van der Waals surface area contributed by atoms with Crippen LogP contribution in [0.5, 0.6) is 0 Å². The Morgan fingerprint density at radius 1 is 1.22 bits per heavy atom. The van der Waals surface area contributed by atoms with Gasteiger partial charge in [-0.15, -0.1) is 0 Å². The smallest absolute Gasteiger partial charge is 0.330 e. The molecule has 0 aromatic carbocycles. The maximum atomic E-state index is 12.0. The first-order valence-corrected chi connectivity index (χ1v) is 5.69. The van der Waals surface area contributed by atoms with Gasteiger partial charge in [0.25, 0.3) is 0 Å². The Labute approximate surface area is 106 Å². The average Bonchev–Trinajstić information content (AvgIpc) is 2.79. The number of hydrogen-bond donors (Lipinski definition) is 2. The molecule has 6 heteroatoms. The van der Waals surface area contributed by atoms with Crippen LogP contribution < -0.4 is 5.32 Å². The lowest BCUT2D eigenvalue weighted by Crippen LogP contribution is -2.51. The molecule has 18 heavy (non-hydrogen) atoms. The molecule has 1 rings (SSSR count). The first kappa shape index (κ1) is 14.5. The first-order valence-electron chi connectivity index (χ1n) is 5.69. The largest absolute Gasteiger partial charge is 0.481 e. The third kappa shape index (κ3) is 2.32. The van der Waals surface area contributed by atoms with Crippen molar-refractivity contribution < 1.29 is 24.2 Å². The second-order valence-corrected chi connectivity index (χ2v) is 5.72. The molecule has 0 aromatic heterocycles. The first-order chi connectivity index (χ1) is 8.05. The van der Waals surface area contributed by atoms with Crippen LogP contribution in [0, 0.1) is 17.3 Å². The van der Waals surface area contributed by atoms with Crippen LogP contribution in [0.2, 0.25) is 0 Å². The highest BCUT2D eigenvalue weighted by Crippen LogP contribution is 2.58. The summed E-state index contributed by atoms with van der Waals surface area (Å²) >= 11 is 0. The summed E-state index contributed by atoms with van der Waals surface area (Å²) in [5.41, 5.74) is -1.74. The molecule has 102 valence electrons. The summed E-state index contributed by atoms with van der Waals surface area (Å²) in [6.45, 7) is 6.48. The van der Waals surface area contributed by atoms with E-state index in [0.29, 0.717) is 0 Å². The molecule has 1 fully saturated rings. The molecule has 1 saturated carbocycles. The zero-order valence-electron chi connectivity index (χ0n) is 11.2. The monoisotopic (exact) mass is 257 g/mol. The van der Waals surface area contributed by atoms with Crippen LogP contribution in [0.1, 0.15) is 27.7 Å². The number of nitrogens with one attached hydrogen (secondary N) is 1. The van der Waals surface area contributed by atoms with E-state index in [9.17, 15) is 14.4 Å². The number of carboxylic acid groups (broad SMARTS) is 1. The molecule has 2 unspecified atom stereocenters. The van der Waals surface area contributed by atoms with Crippen molar-refractivity contribution >= 4 is 17.8 Å². The van der Waals surface area contributed by atoms with Crippen molar-refractivity contribution in [2.75, 3.05) is 7.11 Å². The molecule has 0 radical (unpaired) electrons. The standard InChI is InChI=1S/C12H19NO5/c1-11(2)6(7(11)9(15)16)8(14)13-12(3,4)10(17)18-5/h6-7H,1-5H3,(H,13,14)(H,15,16). The van der Waals surface area contributed by atoms with Gasteiger partial charge in [0.05, 0.1) is 18.9 Å². The number of amides is 1. The summed E-state index contributed by atoms with van der Waals surface area (Å²) in [4.78, 5) is 34.4. The van der Waals surface area contributed by atoms with E-state index >= 15 is 0 Å². The molecule has 0 bridgehead atoms. The molecule has 2 atom stereocenters. The van der Waals surface area contributed by atoms with Crippen LogP contribution in [-0.4, -0.2) is 35.6 Å². The van der Waals surface area contributed by atoms with E-state index in [2.05, 4.69) is 10.1 Å². The fraction of sp³-hybridized carbons (Fsp3) is 0.750. The summed E-state index contributed by atoms with van der Waals surface area (Å²) in [6.07, 6.45) is 0. The molecule has 0 heterocycles. The van der Waals surface area contributed by atoms with Gasteiger partial charge in [-0.1, -0.05) is 13.8 Å². The molecule has 0 aliphatic heterocycles. The Bertz CT molecular complexity index is 399. The molecule has 1 aliphatic rings. The minimum atomic E-state index is -1.16. The minimum Gasteiger partial charge on any atom is -0.481 e. The van der Waals surface area contributed by atoms with Gasteiger partial charge in [-0.2, -0.15) is 0 Å². The predicted molar refractivity (Wildman–Crippen MR) is 62.6 cm³/mol. The summed E-state index contributed by atoms with van der Waals surface area (Å²) in [7, 11) is 1.23. The Balaban J connectivity index is 2.75. The maximum absolute atomic E-state index is 12.0. The highest BCUT2D eigenvalue weighted by atomic mass is 16.5. The number of aliphatic carboxylic acids is 1. The van der Waals surface area contributed by atoms with E-state index in [1.807, 2.05) is 0 Å². The van der Waals surface area contributed by atoms with E-state index in [1.54, 1.807) is 13.8 Å². The number of ether oxygens (including phenoxy) is 1. The fourth-order valence-electron chi connectivity index (χ4n) is 2.28. The summed E-state index contributed by atoms with van der Waals surface area (Å²) < 4.78 is 4.57. The lowest BCUT2D eigenvalue weighted by molar-refractivity contribution is -0.149. The number of hydrogen-bond acceptors (Lipinski definition) is 4. The average molecular weight is 257 g/mol. The molecule has 1 aliphatic carbocycles. The normalized spacial score (nSPS) is 25.2. The van der Waals surface area contributed by atoms with Crippen LogP contribution >= 0.6 is 0 Å². The van der Waals surface area contributed by atoms with Gasteiger partial charge < -0.3 is 15.2 Å². The van der Waals surface area contributed by atoms with Crippen molar-refractivity contribution in [3.05, 3.63) is 0 Å². The van der Waals surface area contributed by atoms with Gasteiger partial charge in [-0.3, -0.25) is 9.59 Å². The summed E-state index contributed by atoms with van der Waals surface area (Å²) in [5.74, 6) is -3.30. The van der Waals surface area contributed by atoms with Crippen molar-refractivity contribution in [1.82, 2.24) is 5.32 Å². The van der Waals surface area contributed by atoms with Crippen molar-refractivity contribution in [1.29, 1.82) is 0 Å². The topological polar surface area (TPSA) is 92.7 Å². The molecule has 0 spiro atoms. The molecule has 0 saturated heterocycles. The van der Waals surface area contributed by atoms with Gasteiger partial charge in [-0.25, -0.2) is 4.79 Å². The maximum Gasteiger partial charge on any atom is 0.330 e. The van der Waals surface area contributed by atoms with Crippen molar-refractivity contribution in [3.63, 3.8) is 0 Å². The molecule has 0 aromatic rings. The van der Waals surface area contributed by atoms with Crippen LogP contribution in [-0.2, 0) is 19.1 Å². The Hall–Kier alpha value is -1.59. The second-order valence-electron chi connectivity index (χ2n) is 5.72. The third-order valence-corrected chi connectivity index (χ3v) is 3.51. The van der Waals surface area contributed by atoms with E-state index in [1.165, 1.54) is 21.0 Å². The van der Waals surface area contributed by atoms with Gasteiger partial charge in [0.15, 0.2) is 0 Å². The number of carbonyl (C=O) groups is 3. The van der Waals surface area contributed by atoms with E-state index < -0.39 is 40.6 Å². The molecule has 6 nitrogen and oxygen atoms in total. The SMILES string of the molecule is COC(=O)C(C)(C)NC(=O)C1C(C(=O)O)C1(C)C. The highest BCUT2D eigenvalue weighted by Gasteiger charge is 2.66. The number of carbonyl (C=O) groups excluding carboxylic acids is 2. The molecule has 2 N–H and O–H groups in total. The van der Waals surface area contributed by atoms with Gasteiger partial charge in [0.1, 0.15) is 5.54 Å². The lowest BCUT2D eigenvalue weighted by Gasteiger charge is -2.23. The Morgan fingerprint density at radius 3 is 2.06 bits per heavy atom. The van der Waals surface area contributed by atoms with Crippen LogP contribution in [0.4, 0.5) is 0 Å². The van der Waals surface area contributed by atoms with Gasteiger partial charge in [0, 0.05) is 0 Å². The predicted octanol–water partition coefficient (Wildman–Crippen LogP) is 0.411. The Morgan fingerprint density at radius 2 is 1.72 bits per heavy atom. The van der Waals surface area contributed by atoms with Crippen molar-refractivity contribution in [2.45, 2.75) is 33.2 Å². The second kappa shape index (κ2) is 4.26. The summed E-state index contributed by atoms with van der Waals surface area (Å²) in [6, 6.07) is 0. The van der Waals surface area contributed by atoms with E-state index in [-0.39, 0.29) is 0 Å². The minimum absolute atomic E-state index is 0.428. The zero-order chi connectivity index (χ0) is 14.3. The number of methoxy groups -OCH3 is 1. The third-order valence-electron chi connectivity index (χ3n) is 3.51. The van der Waals surface area contributed by atoms with Crippen molar-refractivity contribution in [3.8, 4) is 0 Å². The number of carboxylic acids is 1. The fourth-order valence-corrected chi connectivity index (χ4v) is 2.28. The highest BCUT2D eigenvalue weighted by molar-refractivity contribution is 5.94. The molecule has 1 amide bonds. The van der Waals surface area contributed by atoms with Gasteiger partial charge >= 0.3 is 11.9 Å². The van der Waals surface area contributed by atoms with Gasteiger partial charge in [0.2, 0.25) is 5.91 Å². The number of rotatable bonds is 4. The van der Waals surface area contributed by atoms with Crippen LogP contribution in [0.15, 0.2) is 0 Å². The van der Waals surface area contributed by atoms with Crippen LogP contribution in [0.25, 0.3) is 0 Å². The molecular weight excluding hydrogens is 238 g/mol. The van der Waals surface area contributed by atoms with E-state index in [0.717, 1.165) is 0 Å². The van der Waals surface area contributed by atoms with E-state index in [4.69, 9.17) is 5.11 Å². The number of esters is 1. The molecular formula is C12H19NO5. The summed E-state index contributed by atoms with van der Waals surface area (Å²) in [5, 5.41) is 11.5. The lowest BCUT2D eigenvalue weighted by atomic mass is 10.0. The van der Waals surface area contributed by atoms with Crippen molar-refractivity contribution in [2.24, 2.45) is 17.3 Å². The quantitative estimate of drug-likeness (QED) is 0.712. The Kier molecular flexibility index (Phi) is 3.42. The van der Waals surface area contributed by atoms with Crippen LogP contribution in [0.3, 0.4) is 0 Å². The zero-order valence-corrected chi connectivity index (χ0v) is 11.2. The van der Waals surface area contributed by atoms with Gasteiger partial charge in [-0.05, 0) is 19.3 Å².